The lowest BCUT2D eigenvalue weighted by molar-refractivity contribution is 0.104. The number of nitriles is 2. The number of hydrogen-bond donors (Lipinski definition) is 0. The number of para-hydroxylation sites is 1. The highest BCUT2D eigenvalue weighted by Gasteiger charge is 2.19. The Labute approximate surface area is 147 Å². The molecule has 1 saturated heterocycles. The standard InChI is InChI=1S/C13H16N2O.C7H4FN/c1-15-8-4-6-12(10-15)16-13-7-3-2-5-11(13)9-14;8-7-4-2-1-3-6(7)5-9/h2-3,5,7,12H,4,6,8,10H2,1H3;1-4H. The molecule has 0 N–H and O–H groups in total. The van der Waals surface area contributed by atoms with E-state index < -0.39 is 5.82 Å². The van der Waals surface area contributed by atoms with Gasteiger partial charge in [0, 0.05) is 6.54 Å². The van der Waals surface area contributed by atoms with Crippen LogP contribution in [0.15, 0.2) is 48.5 Å². The first kappa shape index (κ1) is 18.4. The molecule has 25 heavy (non-hydrogen) atoms. The van der Waals surface area contributed by atoms with Gasteiger partial charge in [0.1, 0.15) is 29.8 Å². The fraction of sp³-hybridized carbons (Fsp3) is 0.300. The van der Waals surface area contributed by atoms with Crippen LogP contribution >= 0.6 is 0 Å². The van der Waals surface area contributed by atoms with E-state index in [4.69, 9.17) is 15.3 Å². The third-order valence-electron chi connectivity index (χ3n) is 3.88. The van der Waals surface area contributed by atoms with Gasteiger partial charge in [-0.3, -0.25) is 0 Å². The first-order valence-electron chi connectivity index (χ1n) is 8.13. The van der Waals surface area contributed by atoms with Gasteiger partial charge in [-0.1, -0.05) is 24.3 Å². The van der Waals surface area contributed by atoms with Crippen LogP contribution in [-0.2, 0) is 0 Å². The third kappa shape index (κ3) is 5.60. The number of nitrogens with zero attached hydrogens (tertiary/aromatic N) is 3. The van der Waals surface area contributed by atoms with Gasteiger partial charge in [0.05, 0.1) is 11.1 Å². The maximum absolute atomic E-state index is 12.4. The highest BCUT2D eigenvalue weighted by molar-refractivity contribution is 5.42. The van der Waals surface area contributed by atoms with Crippen LogP contribution in [-0.4, -0.2) is 31.1 Å². The van der Waals surface area contributed by atoms with Gasteiger partial charge in [0.15, 0.2) is 0 Å². The summed E-state index contributed by atoms with van der Waals surface area (Å²) < 4.78 is 18.3. The molecule has 1 unspecified atom stereocenters. The number of halogens is 1. The lowest BCUT2D eigenvalue weighted by Gasteiger charge is -2.30. The Morgan fingerprint density at radius 2 is 1.68 bits per heavy atom. The highest BCUT2D eigenvalue weighted by Crippen LogP contribution is 2.21. The second-order valence-electron chi connectivity index (χ2n) is 5.84. The van der Waals surface area contributed by atoms with E-state index in [9.17, 15) is 4.39 Å². The smallest absolute Gasteiger partial charge is 0.140 e. The molecule has 0 aliphatic carbocycles. The van der Waals surface area contributed by atoms with Crippen LogP contribution < -0.4 is 4.74 Å². The van der Waals surface area contributed by atoms with E-state index in [1.807, 2.05) is 18.2 Å². The van der Waals surface area contributed by atoms with Crippen molar-refractivity contribution in [1.29, 1.82) is 10.5 Å². The predicted molar refractivity (Wildman–Crippen MR) is 93.4 cm³/mol. The van der Waals surface area contributed by atoms with Gasteiger partial charge in [-0.25, -0.2) is 4.39 Å². The molecule has 0 amide bonds. The summed E-state index contributed by atoms with van der Waals surface area (Å²) >= 11 is 0. The summed E-state index contributed by atoms with van der Waals surface area (Å²) in [6.07, 6.45) is 2.45. The molecule has 0 saturated carbocycles. The minimum absolute atomic E-state index is 0.0949. The topological polar surface area (TPSA) is 60.0 Å². The van der Waals surface area contributed by atoms with Gasteiger partial charge in [-0.15, -0.1) is 0 Å². The molecule has 1 fully saturated rings. The van der Waals surface area contributed by atoms with Crippen LogP contribution in [0.1, 0.15) is 24.0 Å². The summed E-state index contributed by atoms with van der Waals surface area (Å²) in [5.74, 6) is 0.255. The minimum atomic E-state index is -0.458. The van der Waals surface area contributed by atoms with Gasteiger partial charge in [-0.2, -0.15) is 10.5 Å². The van der Waals surface area contributed by atoms with E-state index in [0.29, 0.717) is 11.3 Å². The zero-order valence-corrected chi connectivity index (χ0v) is 14.2. The molecular formula is C20H20FN3O. The van der Waals surface area contributed by atoms with Crippen LogP contribution in [0.25, 0.3) is 0 Å². The van der Waals surface area contributed by atoms with E-state index in [0.717, 1.165) is 25.9 Å². The lowest BCUT2D eigenvalue weighted by atomic mass is 10.1. The molecule has 3 rings (SSSR count). The second kappa shape index (κ2) is 9.42. The van der Waals surface area contributed by atoms with Crippen molar-refractivity contribution in [3.05, 3.63) is 65.5 Å². The molecule has 4 nitrogen and oxygen atoms in total. The SMILES string of the molecule is CN1CCCC(Oc2ccccc2C#N)C1.N#Cc1ccccc1F. The third-order valence-corrected chi connectivity index (χ3v) is 3.88. The molecule has 2 aromatic rings. The summed E-state index contributed by atoms with van der Waals surface area (Å²) in [7, 11) is 2.10. The Morgan fingerprint density at radius 3 is 2.28 bits per heavy atom. The van der Waals surface area contributed by atoms with E-state index in [-0.39, 0.29) is 11.7 Å². The number of likely N-dealkylation sites (N-methyl/N-ethyl adjacent to an activating group) is 1. The van der Waals surface area contributed by atoms with Crippen molar-refractivity contribution in [2.75, 3.05) is 20.1 Å². The van der Waals surface area contributed by atoms with Gasteiger partial charge >= 0.3 is 0 Å². The highest BCUT2D eigenvalue weighted by atomic mass is 19.1. The normalized spacial score (nSPS) is 16.7. The number of ether oxygens (including phenoxy) is 1. The van der Waals surface area contributed by atoms with Crippen molar-refractivity contribution >= 4 is 0 Å². The lowest BCUT2D eigenvalue weighted by Crippen LogP contribution is -2.38. The fourth-order valence-electron chi connectivity index (χ4n) is 2.61. The molecule has 1 atom stereocenters. The van der Waals surface area contributed by atoms with Crippen LogP contribution in [0, 0.1) is 28.5 Å². The summed E-state index contributed by atoms with van der Waals surface area (Å²) in [6.45, 7) is 2.08. The summed E-state index contributed by atoms with van der Waals surface area (Å²) in [4.78, 5) is 2.27. The first-order chi connectivity index (χ1) is 12.1. The Balaban J connectivity index is 0.000000212. The molecule has 1 aliphatic rings. The van der Waals surface area contributed by atoms with Crippen LogP contribution in [0.3, 0.4) is 0 Å². The van der Waals surface area contributed by atoms with Gasteiger partial charge in [0.2, 0.25) is 0 Å². The number of benzene rings is 2. The van der Waals surface area contributed by atoms with Crippen molar-refractivity contribution in [3.63, 3.8) is 0 Å². The molecule has 2 aromatic carbocycles. The Hall–Kier alpha value is -2.89. The van der Waals surface area contributed by atoms with Crippen LogP contribution in [0.2, 0.25) is 0 Å². The summed E-state index contributed by atoms with van der Waals surface area (Å²) in [6, 6.07) is 17.2. The van der Waals surface area contributed by atoms with Crippen molar-refractivity contribution in [2.24, 2.45) is 0 Å². The predicted octanol–water partition coefficient (Wildman–Crippen LogP) is 3.73. The molecule has 0 spiro atoms. The van der Waals surface area contributed by atoms with Crippen LogP contribution in [0.4, 0.5) is 4.39 Å². The maximum Gasteiger partial charge on any atom is 0.140 e. The molecule has 0 bridgehead atoms. The summed E-state index contributed by atoms with van der Waals surface area (Å²) in [5.41, 5.74) is 0.716. The van der Waals surface area contributed by atoms with Gasteiger partial charge in [-0.05, 0) is 50.7 Å². The molecule has 0 aromatic heterocycles. The van der Waals surface area contributed by atoms with E-state index in [1.54, 1.807) is 24.3 Å². The van der Waals surface area contributed by atoms with Crippen molar-refractivity contribution < 1.29 is 9.13 Å². The first-order valence-corrected chi connectivity index (χ1v) is 8.13. The molecule has 1 aliphatic heterocycles. The number of piperidine rings is 1. The average Bonchev–Trinajstić information content (AvgIpc) is 2.63. The largest absolute Gasteiger partial charge is 0.488 e. The van der Waals surface area contributed by atoms with Gasteiger partial charge < -0.3 is 9.64 Å². The van der Waals surface area contributed by atoms with Crippen LogP contribution in [0.5, 0.6) is 5.75 Å². The summed E-state index contributed by atoms with van der Waals surface area (Å²) in [5, 5.41) is 17.2. The number of rotatable bonds is 2. The van der Waals surface area contributed by atoms with Gasteiger partial charge in [0.25, 0.3) is 0 Å². The van der Waals surface area contributed by atoms with E-state index in [1.165, 1.54) is 12.1 Å². The average molecular weight is 337 g/mol. The molecule has 5 heteroatoms. The van der Waals surface area contributed by atoms with Crippen molar-refractivity contribution in [1.82, 2.24) is 4.90 Å². The van der Waals surface area contributed by atoms with Crippen molar-refractivity contribution in [2.45, 2.75) is 18.9 Å². The number of hydrogen-bond acceptors (Lipinski definition) is 4. The minimum Gasteiger partial charge on any atom is -0.488 e. The Kier molecular flexibility index (Phi) is 6.95. The zero-order valence-electron chi connectivity index (χ0n) is 14.2. The monoisotopic (exact) mass is 337 g/mol. The van der Waals surface area contributed by atoms with Crippen molar-refractivity contribution in [3.8, 4) is 17.9 Å². The molecular weight excluding hydrogens is 317 g/mol. The Bertz CT molecular complexity index is 779. The molecule has 0 radical (unpaired) electrons. The zero-order chi connectivity index (χ0) is 18.1. The molecule has 1 heterocycles. The Morgan fingerprint density at radius 1 is 1.04 bits per heavy atom. The van der Waals surface area contributed by atoms with E-state index in [2.05, 4.69) is 18.0 Å². The van der Waals surface area contributed by atoms with E-state index >= 15 is 0 Å². The second-order valence-corrected chi connectivity index (χ2v) is 5.84. The fourth-order valence-corrected chi connectivity index (χ4v) is 2.61. The number of likely N-dealkylation sites (tertiary alicyclic amines) is 1. The maximum atomic E-state index is 12.4. The molecule has 128 valence electrons. The quantitative estimate of drug-likeness (QED) is 0.838.